The SMILES string of the molecule is Br.O=C(Cc1ccccc1)NCCN(CC(=O)c1ccc(O)c(O)c1Cl)Cc1ccccc1. The Balaban J connectivity index is 0.00000385. The number of carbonyl (C=O) groups is 2. The molecule has 0 heterocycles. The third-order valence-corrected chi connectivity index (χ3v) is 5.35. The van der Waals surface area contributed by atoms with Gasteiger partial charge < -0.3 is 15.5 Å². The van der Waals surface area contributed by atoms with Gasteiger partial charge in [-0.25, -0.2) is 0 Å². The summed E-state index contributed by atoms with van der Waals surface area (Å²) in [5.41, 5.74) is 2.09. The molecule has 0 aliphatic rings. The topological polar surface area (TPSA) is 89.9 Å². The molecule has 0 saturated carbocycles. The zero-order chi connectivity index (χ0) is 22.9. The molecule has 6 nitrogen and oxygen atoms in total. The van der Waals surface area contributed by atoms with Crippen LogP contribution in [0.1, 0.15) is 21.5 Å². The van der Waals surface area contributed by atoms with E-state index in [4.69, 9.17) is 11.6 Å². The zero-order valence-electron chi connectivity index (χ0n) is 17.9. The molecule has 0 saturated heterocycles. The van der Waals surface area contributed by atoms with Gasteiger partial charge in [0.2, 0.25) is 5.91 Å². The van der Waals surface area contributed by atoms with Crippen molar-refractivity contribution in [1.82, 2.24) is 10.2 Å². The summed E-state index contributed by atoms with van der Waals surface area (Å²) in [6, 6.07) is 21.8. The highest BCUT2D eigenvalue weighted by Crippen LogP contribution is 2.35. The first-order valence-corrected chi connectivity index (χ1v) is 10.6. The molecule has 0 unspecified atom stereocenters. The van der Waals surface area contributed by atoms with Crippen LogP contribution >= 0.6 is 28.6 Å². The Morgan fingerprint density at radius 3 is 2.12 bits per heavy atom. The van der Waals surface area contributed by atoms with Crippen molar-refractivity contribution >= 4 is 40.3 Å². The number of phenolic OH excluding ortho intramolecular Hbond substituents is 2. The third-order valence-electron chi connectivity index (χ3n) is 4.97. The number of nitrogens with one attached hydrogen (secondary N) is 1. The van der Waals surface area contributed by atoms with E-state index in [0.29, 0.717) is 26.1 Å². The number of hydrogen-bond donors (Lipinski definition) is 3. The summed E-state index contributed by atoms with van der Waals surface area (Å²) in [4.78, 5) is 27.0. The van der Waals surface area contributed by atoms with Gasteiger partial charge in [-0.1, -0.05) is 72.3 Å². The molecule has 0 bridgehead atoms. The van der Waals surface area contributed by atoms with Crippen LogP contribution in [0.15, 0.2) is 72.8 Å². The Morgan fingerprint density at radius 1 is 0.879 bits per heavy atom. The molecule has 3 aromatic carbocycles. The first kappa shape index (κ1) is 26.4. The number of phenols is 2. The quantitative estimate of drug-likeness (QED) is 0.266. The van der Waals surface area contributed by atoms with E-state index < -0.39 is 5.75 Å². The molecule has 0 fully saturated rings. The van der Waals surface area contributed by atoms with E-state index in [1.165, 1.54) is 12.1 Å². The lowest BCUT2D eigenvalue weighted by Crippen LogP contribution is -2.38. The Hall–Kier alpha value is -2.87. The van der Waals surface area contributed by atoms with Crippen molar-refractivity contribution in [2.75, 3.05) is 19.6 Å². The highest BCUT2D eigenvalue weighted by Gasteiger charge is 2.19. The smallest absolute Gasteiger partial charge is 0.224 e. The Morgan fingerprint density at radius 2 is 1.48 bits per heavy atom. The van der Waals surface area contributed by atoms with Crippen LogP contribution in [-0.2, 0) is 17.8 Å². The van der Waals surface area contributed by atoms with Crippen LogP contribution in [0.5, 0.6) is 11.5 Å². The highest BCUT2D eigenvalue weighted by molar-refractivity contribution is 8.93. The van der Waals surface area contributed by atoms with E-state index in [0.717, 1.165) is 11.1 Å². The van der Waals surface area contributed by atoms with Crippen LogP contribution in [0.25, 0.3) is 0 Å². The maximum atomic E-state index is 12.9. The van der Waals surface area contributed by atoms with Gasteiger partial charge in [0, 0.05) is 25.2 Å². The van der Waals surface area contributed by atoms with Crippen LogP contribution in [-0.4, -0.2) is 46.4 Å². The second-order valence-corrected chi connectivity index (χ2v) is 7.80. The molecular weight excluding hydrogens is 508 g/mol. The van der Waals surface area contributed by atoms with Gasteiger partial charge in [-0.2, -0.15) is 0 Å². The Kier molecular flexibility index (Phi) is 10.4. The van der Waals surface area contributed by atoms with Gasteiger partial charge in [-0.15, -0.1) is 17.0 Å². The number of nitrogens with zero attached hydrogens (tertiary/aromatic N) is 1. The second-order valence-electron chi connectivity index (χ2n) is 7.43. The van der Waals surface area contributed by atoms with Crippen LogP contribution in [0, 0.1) is 0 Å². The van der Waals surface area contributed by atoms with E-state index in [1.807, 2.05) is 65.6 Å². The molecule has 0 spiro atoms. The second kappa shape index (κ2) is 13.0. The summed E-state index contributed by atoms with van der Waals surface area (Å²) < 4.78 is 0. The number of rotatable bonds is 10. The number of Topliss-reactive ketones (excluding diaryl/α,β-unsaturated/α-hetero) is 1. The molecular formula is C25H26BrClN2O4. The summed E-state index contributed by atoms with van der Waals surface area (Å²) in [5, 5.41) is 22.1. The lowest BCUT2D eigenvalue weighted by Gasteiger charge is -2.22. The average Bonchev–Trinajstić information content (AvgIpc) is 2.78. The maximum absolute atomic E-state index is 12.9. The summed E-state index contributed by atoms with van der Waals surface area (Å²) in [6.07, 6.45) is 0.293. The van der Waals surface area contributed by atoms with Crippen molar-refractivity contribution < 1.29 is 19.8 Å². The molecule has 0 radical (unpaired) electrons. The molecule has 8 heteroatoms. The van der Waals surface area contributed by atoms with E-state index in [2.05, 4.69) is 5.32 Å². The van der Waals surface area contributed by atoms with E-state index in [9.17, 15) is 19.8 Å². The lowest BCUT2D eigenvalue weighted by atomic mass is 10.1. The predicted octanol–water partition coefficient (Wildman–Crippen LogP) is 4.37. The van der Waals surface area contributed by atoms with Crippen molar-refractivity contribution in [3.63, 3.8) is 0 Å². The standard InChI is InChI=1S/C25H25ClN2O4.BrH/c26-24-20(11-12-21(29)25(24)32)22(30)17-28(16-19-9-5-2-6-10-19)14-13-27-23(31)15-18-7-3-1-4-8-18;/h1-12,29,32H,13-17H2,(H,27,31);1H. The number of benzene rings is 3. The van der Waals surface area contributed by atoms with Gasteiger partial charge in [0.15, 0.2) is 17.3 Å². The fourth-order valence-electron chi connectivity index (χ4n) is 3.31. The van der Waals surface area contributed by atoms with Crippen LogP contribution in [0.4, 0.5) is 0 Å². The Labute approximate surface area is 208 Å². The molecule has 3 rings (SSSR count). The molecule has 0 atom stereocenters. The molecule has 0 aromatic heterocycles. The van der Waals surface area contributed by atoms with Crippen LogP contribution in [0.2, 0.25) is 5.02 Å². The van der Waals surface area contributed by atoms with E-state index in [-0.39, 0.29) is 51.6 Å². The van der Waals surface area contributed by atoms with Gasteiger partial charge in [-0.3, -0.25) is 14.5 Å². The fourth-order valence-corrected chi connectivity index (χ4v) is 3.58. The van der Waals surface area contributed by atoms with Crippen molar-refractivity contribution in [1.29, 1.82) is 0 Å². The van der Waals surface area contributed by atoms with Gasteiger partial charge in [0.25, 0.3) is 0 Å². The van der Waals surface area contributed by atoms with Crippen molar-refractivity contribution in [3.8, 4) is 11.5 Å². The largest absolute Gasteiger partial charge is 0.504 e. The Bertz CT molecular complexity index is 1060. The number of carbonyl (C=O) groups excluding carboxylic acids is 2. The van der Waals surface area contributed by atoms with Crippen molar-refractivity contribution in [3.05, 3.63) is 94.5 Å². The number of halogens is 2. The van der Waals surface area contributed by atoms with Gasteiger partial charge >= 0.3 is 0 Å². The number of amides is 1. The minimum Gasteiger partial charge on any atom is -0.504 e. The first-order valence-electron chi connectivity index (χ1n) is 10.2. The molecule has 3 aromatic rings. The first-order chi connectivity index (χ1) is 15.4. The number of ketones is 1. The highest BCUT2D eigenvalue weighted by atomic mass is 79.9. The van der Waals surface area contributed by atoms with Gasteiger partial charge in [0.1, 0.15) is 0 Å². The van der Waals surface area contributed by atoms with Crippen molar-refractivity contribution in [2.45, 2.75) is 13.0 Å². The normalized spacial score (nSPS) is 10.5. The molecule has 3 N–H and O–H groups in total. The number of aromatic hydroxyl groups is 2. The molecule has 0 aliphatic heterocycles. The van der Waals surface area contributed by atoms with E-state index >= 15 is 0 Å². The van der Waals surface area contributed by atoms with Gasteiger partial charge in [-0.05, 0) is 23.3 Å². The summed E-state index contributed by atoms with van der Waals surface area (Å²) >= 11 is 6.05. The molecule has 33 heavy (non-hydrogen) atoms. The summed E-state index contributed by atoms with van der Waals surface area (Å²) in [7, 11) is 0. The summed E-state index contributed by atoms with van der Waals surface area (Å²) in [6.45, 7) is 1.36. The monoisotopic (exact) mass is 532 g/mol. The molecule has 0 aliphatic carbocycles. The average molecular weight is 534 g/mol. The minimum absolute atomic E-state index is 0. The van der Waals surface area contributed by atoms with Crippen LogP contribution in [0.3, 0.4) is 0 Å². The van der Waals surface area contributed by atoms with E-state index in [1.54, 1.807) is 0 Å². The predicted molar refractivity (Wildman–Crippen MR) is 134 cm³/mol. The van der Waals surface area contributed by atoms with Crippen molar-refractivity contribution in [2.24, 2.45) is 0 Å². The minimum atomic E-state index is -0.514. The molecule has 1 amide bonds. The fraction of sp³-hybridized carbons (Fsp3) is 0.200. The molecule has 174 valence electrons. The van der Waals surface area contributed by atoms with Gasteiger partial charge in [0.05, 0.1) is 18.0 Å². The zero-order valence-corrected chi connectivity index (χ0v) is 20.4. The maximum Gasteiger partial charge on any atom is 0.224 e. The third kappa shape index (κ3) is 7.89. The number of hydrogen-bond acceptors (Lipinski definition) is 5. The lowest BCUT2D eigenvalue weighted by molar-refractivity contribution is -0.120. The summed E-state index contributed by atoms with van der Waals surface area (Å²) in [5.74, 6) is -1.28. The van der Waals surface area contributed by atoms with Crippen LogP contribution < -0.4 is 5.32 Å².